The van der Waals surface area contributed by atoms with Crippen LogP contribution in [0.3, 0.4) is 0 Å². The Bertz CT molecular complexity index is 414. The molecule has 0 aliphatic heterocycles. The van der Waals surface area contributed by atoms with Crippen LogP contribution in [0.15, 0.2) is 23.1 Å². The topological polar surface area (TPSA) is 61.2 Å². The maximum absolute atomic E-state index is 11.4. The van der Waals surface area contributed by atoms with Crippen LogP contribution in [-0.2, 0) is 16.3 Å². The van der Waals surface area contributed by atoms with Crippen molar-refractivity contribution in [2.24, 2.45) is 0 Å². The van der Waals surface area contributed by atoms with E-state index in [0.29, 0.717) is 15.5 Å². The standard InChI is InChI=1S/C8H10ClNO2S/c1-13(10,12)8-3-2-7(9)4-6(8)5-11/h2-4,10-11H,5H2,1H3. The Hall–Kier alpha value is -0.580. The molecule has 0 saturated heterocycles. The fraction of sp³-hybridized carbons (Fsp3) is 0.250. The van der Waals surface area contributed by atoms with Gasteiger partial charge in [-0.05, 0) is 23.8 Å². The van der Waals surface area contributed by atoms with E-state index < -0.39 is 9.73 Å². The van der Waals surface area contributed by atoms with E-state index >= 15 is 0 Å². The summed E-state index contributed by atoms with van der Waals surface area (Å²) in [7, 11) is -2.78. The Morgan fingerprint density at radius 1 is 1.62 bits per heavy atom. The summed E-state index contributed by atoms with van der Waals surface area (Å²) in [6.45, 7) is -0.250. The molecule has 0 amide bonds. The van der Waals surface area contributed by atoms with Crippen LogP contribution in [0.2, 0.25) is 5.02 Å². The lowest BCUT2D eigenvalue weighted by Gasteiger charge is -2.07. The minimum Gasteiger partial charge on any atom is -0.392 e. The molecule has 2 N–H and O–H groups in total. The average molecular weight is 220 g/mol. The number of aliphatic hydroxyl groups excluding tert-OH is 1. The molecule has 0 saturated carbocycles. The summed E-state index contributed by atoms with van der Waals surface area (Å²) >= 11 is 5.68. The van der Waals surface area contributed by atoms with Crippen LogP contribution >= 0.6 is 11.6 Å². The van der Waals surface area contributed by atoms with Crippen molar-refractivity contribution in [2.45, 2.75) is 11.5 Å². The SMILES string of the molecule is CS(=N)(=O)c1ccc(Cl)cc1CO. The van der Waals surface area contributed by atoms with Crippen molar-refractivity contribution in [3.8, 4) is 0 Å². The minimum absolute atomic E-state index is 0.250. The van der Waals surface area contributed by atoms with E-state index in [-0.39, 0.29) is 6.61 Å². The number of nitrogens with one attached hydrogen (secondary N) is 1. The summed E-state index contributed by atoms with van der Waals surface area (Å²) in [4.78, 5) is 0.347. The Labute approximate surface area is 82.3 Å². The second-order valence-corrected chi connectivity index (χ2v) is 5.32. The molecule has 13 heavy (non-hydrogen) atoms. The molecule has 3 nitrogen and oxygen atoms in total. The lowest BCUT2D eigenvalue weighted by atomic mass is 10.2. The summed E-state index contributed by atoms with van der Waals surface area (Å²) in [6.07, 6.45) is 1.31. The molecule has 0 fully saturated rings. The van der Waals surface area contributed by atoms with Crippen molar-refractivity contribution < 1.29 is 9.32 Å². The van der Waals surface area contributed by atoms with E-state index in [2.05, 4.69) is 0 Å². The van der Waals surface area contributed by atoms with Gasteiger partial charge in [-0.1, -0.05) is 11.6 Å². The van der Waals surface area contributed by atoms with Crippen molar-refractivity contribution in [3.63, 3.8) is 0 Å². The Kier molecular flexibility index (Phi) is 2.95. The van der Waals surface area contributed by atoms with Gasteiger partial charge in [0.15, 0.2) is 0 Å². The molecule has 0 radical (unpaired) electrons. The van der Waals surface area contributed by atoms with Crippen molar-refractivity contribution in [3.05, 3.63) is 28.8 Å². The van der Waals surface area contributed by atoms with Crippen LogP contribution in [0.4, 0.5) is 0 Å². The van der Waals surface area contributed by atoms with Gasteiger partial charge in [-0.3, -0.25) is 0 Å². The molecule has 0 aliphatic carbocycles. The molecule has 0 aromatic heterocycles. The van der Waals surface area contributed by atoms with Gasteiger partial charge in [0.1, 0.15) is 0 Å². The van der Waals surface area contributed by atoms with E-state index in [1.54, 1.807) is 6.07 Å². The lowest BCUT2D eigenvalue weighted by molar-refractivity contribution is 0.278. The molecule has 1 aromatic rings. The van der Waals surface area contributed by atoms with Gasteiger partial charge in [0, 0.05) is 11.3 Å². The van der Waals surface area contributed by atoms with E-state index in [9.17, 15) is 4.21 Å². The molecule has 0 aliphatic rings. The van der Waals surface area contributed by atoms with E-state index in [1.807, 2.05) is 0 Å². The van der Waals surface area contributed by atoms with Gasteiger partial charge >= 0.3 is 0 Å². The number of benzene rings is 1. The van der Waals surface area contributed by atoms with Crippen LogP contribution < -0.4 is 0 Å². The first-order valence-corrected chi connectivity index (χ1v) is 5.92. The monoisotopic (exact) mass is 219 g/mol. The summed E-state index contributed by atoms with van der Waals surface area (Å²) in [5.74, 6) is 0. The molecule has 1 rings (SSSR count). The predicted octanol–water partition coefficient (Wildman–Crippen LogP) is 1.87. The average Bonchev–Trinajstić information content (AvgIpc) is 2.01. The number of hydrogen-bond acceptors (Lipinski definition) is 3. The highest BCUT2D eigenvalue weighted by Gasteiger charge is 2.09. The fourth-order valence-electron chi connectivity index (χ4n) is 1.05. The molecule has 72 valence electrons. The lowest BCUT2D eigenvalue weighted by Crippen LogP contribution is -2.00. The number of rotatable bonds is 2. The zero-order valence-corrected chi connectivity index (χ0v) is 8.65. The Morgan fingerprint density at radius 3 is 2.69 bits per heavy atom. The smallest absolute Gasteiger partial charge is 0.0700 e. The van der Waals surface area contributed by atoms with Crippen molar-refractivity contribution in [1.29, 1.82) is 4.78 Å². The van der Waals surface area contributed by atoms with E-state index in [0.717, 1.165) is 0 Å². The largest absolute Gasteiger partial charge is 0.392 e. The first-order chi connectivity index (χ1) is 5.95. The normalized spacial score (nSPS) is 15.3. The van der Waals surface area contributed by atoms with Crippen LogP contribution in [0.25, 0.3) is 0 Å². The van der Waals surface area contributed by atoms with Crippen LogP contribution in [0.5, 0.6) is 0 Å². The highest BCUT2D eigenvalue weighted by Crippen LogP contribution is 2.20. The fourth-order valence-corrected chi connectivity index (χ4v) is 2.20. The van der Waals surface area contributed by atoms with E-state index in [4.69, 9.17) is 21.5 Å². The van der Waals surface area contributed by atoms with Crippen LogP contribution in [0, 0.1) is 4.78 Å². The second-order valence-electron chi connectivity index (χ2n) is 2.75. The summed E-state index contributed by atoms with van der Waals surface area (Å²) < 4.78 is 18.8. The van der Waals surface area contributed by atoms with Crippen LogP contribution in [0.1, 0.15) is 5.56 Å². The second kappa shape index (κ2) is 3.65. The van der Waals surface area contributed by atoms with Gasteiger partial charge in [-0.2, -0.15) is 0 Å². The van der Waals surface area contributed by atoms with Gasteiger partial charge in [0.2, 0.25) is 0 Å². The third-order valence-electron chi connectivity index (χ3n) is 1.61. The third-order valence-corrected chi connectivity index (χ3v) is 3.09. The molecule has 0 bridgehead atoms. The minimum atomic E-state index is -2.78. The molecule has 0 spiro atoms. The van der Waals surface area contributed by atoms with Gasteiger partial charge < -0.3 is 5.11 Å². The van der Waals surface area contributed by atoms with Crippen molar-refractivity contribution >= 4 is 21.3 Å². The molecular formula is C8H10ClNO2S. The molecule has 1 atom stereocenters. The first-order valence-electron chi connectivity index (χ1n) is 3.58. The van der Waals surface area contributed by atoms with Gasteiger partial charge in [0.05, 0.1) is 21.2 Å². The van der Waals surface area contributed by atoms with Gasteiger partial charge in [-0.15, -0.1) is 0 Å². The van der Waals surface area contributed by atoms with E-state index in [1.165, 1.54) is 18.4 Å². The maximum atomic E-state index is 11.4. The number of hydrogen-bond donors (Lipinski definition) is 2. The summed E-state index contributed by atoms with van der Waals surface area (Å²) in [6, 6.07) is 4.60. The number of halogens is 1. The maximum Gasteiger partial charge on any atom is 0.0700 e. The van der Waals surface area contributed by atoms with Crippen molar-refractivity contribution in [2.75, 3.05) is 6.26 Å². The van der Waals surface area contributed by atoms with Crippen LogP contribution in [-0.4, -0.2) is 15.6 Å². The molecular weight excluding hydrogens is 210 g/mol. The first kappa shape index (κ1) is 10.5. The Morgan fingerprint density at radius 2 is 2.23 bits per heavy atom. The molecule has 5 heteroatoms. The van der Waals surface area contributed by atoms with Gasteiger partial charge in [-0.25, -0.2) is 8.99 Å². The van der Waals surface area contributed by atoms with Gasteiger partial charge in [0.25, 0.3) is 0 Å². The third kappa shape index (κ3) is 2.43. The Balaban J connectivity index is 3.39. The quantitative estimate of drug-likeness (QED) is 0.798. The summed E-state index contributed by atoms with van der Waals surface area (Å²) in [5, 5.41) is 9.41. The molecule has 1 aromatic carbocycles. The zero-order chi connectivity index (χ0) is 10.1. The predicted molar refractivity (Wildman–Crippen MR) is 52.4 cm³/mol. The highest BCUT2D eigenvalue weighted by atomic mass is 35.5. The number of aliphatic hydroxyl groups is 1. The van der Waals surface area contributed by atoms with Crippen molar-refractivity contribution in [1.82, 2.24) is 0 Å². The highest BCUT2D eigenvalue weighted by molar-refractivity contribution is 7.91. The molecule has 1 unspecified atom stereocenters. The zero-order valence-electron chi connectivity index (χ0n) is 7.08. The molecule has 0 heterocycles. The summed E-state index contributed by atoms with van der Waals surface area (Å²) in [5.41, 5.74) is 0.454.